The normalized spacial score (nSPS) is 22.2. The van der Waals surface area contributed by atoms with Crippen LogP contribution in [0.3, 0.4) is 0 Å². The Hall–Kier alpha value is -0.0800. The molecule has 1 saturated carbocycles. The smallest absolute Gasteiger partial charge is 0.0538 e. The van der Waals surface area contributed by atoms with Gasteiger partial charge in [0.1, 0.15) is 0 Å². The van der Waals surface area contributed by atoms with Crippen molar-refractivity contribution in [3.05, 3.63) is 0 Å². The number of hydrogen-bond donors (Lipinski definition) is 0. The van der Waals surface area contributed by atoms with Gasteiger partial charge in [0.05, 0.1) is 6.61 Å². The van der Waals surface area contributed by atoms with Gasteiger partial charge in [-0.3, -0.25) is 0 Å². The van der Waals surface area contributed by atoms with Crippen molar-refractivity contribution >= 4 is 0 Å². The van der Waals surface area contributed by atoms with Gasteiger partial charge in [0.2, 0.25) is 0 Å². The van der Waals surface area contributed by atoms with Gasteiger partial charge >= 0.3 is 0 Å². The molecule has 0 spiro atoms. The number of ether oxygens (including phenoxy) is 1. The van der Waals surface area contributed by atoms with E-state index in [-0.39, 0.29) is 10.8 Å². The van der Waals surface area contributed by atoms with Crippen LogP contribution in [0.25, 0.3) is 0 Å². The van der Waals surface area contributed by atoms with Crippen LogP contribution >= 0.6 is 0 Å². The lowest BCUT2D eigenvalue weighted by Crippen LogP contribution is -2.52. The van der Waals surface area contributed by atoms with Gasteiger partial charge in [-0.05, 0) is 38.3 Å². The van der Waals surface area contributed by atoms with Crippen LogP contribution in [-0.4, -0.2) is 39.3 Å². The van der Waals surface area contributed by atoms with Gasteiger partial charge in [-0.1, -0.05) is 40.0 Å². The van der Waals surface area contributed by atoms with Gasteiger partial charge in [-0.25, -0.2) is 0 Å². The zero-order valence-corrected chi connectivity index (χ0v) is 13.4. The number of methoxy groups -OCH3 is 1. The molecule has 1 rings (SSSR count). The quantitative estimate of drug-likeness (QED) is 0.741. The minimum absolute atomic E-state index is 0.283. The first kappa shape index (κ1) is 16.0. The molecular formula is C16H33NO. The van der Waals surface area contributed by atoms with Crippen LogP contribution in [0.1, 0.15) is 52.9 Å². The number of hydrogen-bond acceptors (Lipinski definition) is 2. The summed E-state index contributed by atoms with van der Waals surface area (Å²) < 4.78 is 5.66. The summed E-state index contributed by atoms with van der Waals surface area (Å²) >= 11 is 0. The molecule has 0 aliphatic heterocycles. The Labute approximate surface area is 114 Å². The van der Waals surface area contributed by atoms with Crippen LogP contribution in [0.15, 0.2) is 0 Å². The lowest BCUT2D eigenvalue weighted by molar-refractivity contribution is -0.0795. The molecule has 2 heteroatoms. The van der Waals surface area contributed by atoms with Gasteiger partial charge in [-0.15, -0.1) is 0 Å². The Kier molecular flexibility index (Phi) is 5.67. The average molecular weight is 255 g/mol. The molecule has 0 heterocycles. The summed E-state index contributed by atoms with van der Waals surface area (Å²) in [5.74, 6) is 0.814. The predicted octanol–water partition coefficient (Wildman–Crippen LogP) is 3.81. The van der Waals surface area contributed by atoms with E-state index in [0.717, 1.165) is 19.1 Å². The summed E-state index contributed by atoms with van der Waals surface area (Å²) in [4.78, 5) is 2.35. The first-order valence-corrected chi connectivity index (χ1v) is 7.47. The third-order valence-electron chi connectivity index (χ3n) is 4.88. The van der Waals surface area contributed by atoms with Crippen molar-refractivity contribution in [1.29, 1.82) is 0 Å². The summed E-state index contributed by atoms with van der Waals surface area (Å²) in [7, 11) is 6.25. The fourth-order valence-electron chi connectivity index (χ4n) is 3.84. The maximum atomic E-state index is 5.66. The molecule has 2 nitrogen and oxygen atoms in total. The maximum absolute atomic E-state index is 5.66. The molecular weight excluding hydrogens is 222 g/mol. The molecule has 0 bridgehead atoms. The molecule has 0 aromatic carbocycles. The fraction of sp³-hybridized carbons (Fsp3) is 1.00. The molecule has 18 heavy (non-hydrogen) atoms. The molecule has 1 atom stereocenters. The molecule has 0 aromatic heterocycles. The van der Waals surface area contributed by atoms with Gasteiger partial charge in [0, 0.05) is 19.1 Å². The largest absolute Gasteiger partial charge is 0.384 e. The highest BCUT2D eigenvalue weighted by molar-refractivity contribution is 4.98. The van der Waals surface area contributed by atoms with E-state index in [2.05, 4.69) is 39.8 Å². The second kappa shape index (κ2) is 6.38. The summed E-state index contributed by atoms with van der Waals surface area (Å²) in [6.07, 6.45) is 6.99. The Morgan fingerprint density at radius 3 is 2.00 bits per heavy atom. The highest BCUT2D eigenvalue weighted by atomic mass is 16.5. The first-order chi connectivity index (χ1) is 8.33. The average Bonchev–Trinajstić information content (AvgIpc) is 2.27. The molecule has 0 saturated heterocycles. The highest BCUT2D eigenvalue weighted by Gasteiger charge is 2.48. The maximum Gasteiger partial charge on any atom is 0.0538 e. The molecule has 1 unspecified atom stereocenters. The van der Waals surface area contributed by atoms with Gasteiger partial charge in [0.15, 0.2) is 0 Å². The monoisotopic (exact) mass is 255 g/mol. The Morgan fingerprint density at radius 2 is 1.61 bits per heavy atom. The van der Waals surface area contributed by atoms with Crippen LogP contribution in [0.5, 0.6) is 0 Å². The van der Waals surface area contributed by atoms with Gasteiger partial charge in [-0.2, -0.15) is 0 Å². The van der Waals surface area contributed by atoms with E-state index >= 15 is 0 Å². The third-order valence-corrected chi connectivity index (χ3v) is 4.88. The number of nitrogens with zero attached hydrogens (tertiary/aromatic N) is 1. The van der Waals surface area contributed by atoms with Crippen LogP contribution in [0.4, 0.5) is 0 Å². The van der Waals surface area contributed by atoms with Crippen LogP contribution < -0.4 is 0 Å². The molecule has 108 valence electrons. The zero-order chi connectivity index (χ0) is 13.8. The summed E-state index contributed by atoms with van der Waals surface area (Å²) in [5, 5.41) is 0. The van der Waals surface area contributed by atoms with Crippen molar-refractivity contribution in [2.24, 2.45) is 16.7 Å². The molecule has 0 N–H and O–H groups in total. The van der Waals surface area contributed by atoms with Crippen LogP contribution in [0.2, 0.25) is 0 Å². The van der Waals surface area contributed by atoms with Gasteiger partial charge in [0.25, 0.3) is 0 Å². The Morgan fingerprint density at radius 1 is 1.06 bits per heavy atom. The molecule has 1 fully saturated rings. The van der Waals surface area contributed by atoms with E-state index in [0.29, 0.717) is 0 Å². The topological polar surface area (TPSA) is 12.5 Å². The van der Waals surface area contributed by atoms with Gasteiger partial charge < -0.3 is 9.64 Å². The second-order valence-corrected chi connectivity index (χ2v) is 7.41. The van der Waals surface area contributed by atoms with Crippen LogP contribution in [-0.2, 0) is 4.74 Å². The van der Waals surface area contributed by atoms with E-state index in [9.17, 15) is 0 Å². The van der Waals surface area contributed by atoms with Crippen molar-refractivity contribution in [2.75, 3.05) is 34.4 Å². The van der Waals surface area contributed by atoms with Crippen molar-refractivity contribution < 1.29 is 4.74 Å². The zero-order valence-electron chi connectivity index (χ0n) is 13.4. The predicted molar refractivity (Wildman–Crippen MR) is 78.9 cm³/mol. The molecule has 1 aliphatic rings. The lowest BCUT2D eigenvalue weighted by Gasteiger charge is -2.52. The number of rotatable bonds is 5. The SMILES string of the molecule is COCC(CN(C)C)(C1CCCCC1)C(C)(C)C. The Balaban J connectivity index is 3.01. The molecule has 1 aliphatic carbocycles. The van der Waals surface area contributed by atoms with Crippen LogP contribution in [0, 0.1) is 16.7 Å². The van der Waals surface area contributed by atoms with Crippen molar-refractivity contribution in [3.63, 3.8) is 0 Å². The summed E-state index contributed by atoms with van der Waals surface area (Å²) in [5.41, 5.74) is 0.570. The summed E-state index contributed by atoms with van der Waals surface area (Å²) in [6, 6.07) is 0. The third kappa shape index (κ3) is 3.48. The van der Waals surface area contributed by atoms with E-state index in [1.807, 2.05) is 7.11 Å². The van der Waals surface area contributed by atoms with E-state index in [1.54, 1.807) is 0 Å². The fourth-order valence-corrected chi connectivity index (χ4v) is 3.84. The second-order valence-electron chi connectivity index (χ2n) is 7.41. The standard InChI is InChI=1S/C16H33NO/c1-15(2,3)16(13-18-6,12-17(4)5)14-10-8-7-9-11-14/h14H,7-13H2,1-6H3. The van der Waals surface area contributed by atoms with Crippen molar-refractivity contribution in [3.8, 4) is 0 Å². The van der Waals surface area contributed by atoms with E-state index in [1.165, 1.54) is 32.1 Å². The highest BCUT2D eigenvalue weighted by Crippen LogP contribution is 2.50. The molecule has 0 aromatic rings. The minimum Gasteiger partial charge on any atom is -0.384 e. The van der Waals surface area contributed by atoms with Crippen molar-refractivity contribution in [2.45, 2.75) is 52.9 Å². The molecule has 0 radical (unpaired) electrons. The van der Waals surface area contributed by atoms with E-state index < -0.39 is 0 Å². The minimum atomic E-state index is 0.283. The molecule has 0 amide bonds. The first-order valence-electron chi connectivity index (χ1n) is 7.47. The lowest BCUT2D eigenvalue weighted by atomic mass is 9.56. The Bertz CT molecular complexity index is 238. The summed E-state index contributed by atoms with van der Waals surface area (Å²) in [6.45, 7) is 9.20. The van der Waals surface area contributed by atoms with Crippen molar-refractivity contribution in [1.82, 2.24) is 4.90 Å². The van der Waals surface area contributed by atoms with E-state index in [4.69, 9.17) is 4.74 Å².